The molecule has 2 saturated heterocycles. The second-order valence-corrected chi connectivity index (χ2v) is 15.5. The third-order valence-electron chi connectivity index (χ3n) is 9.25. The lowest BCUT2D eigenvalue weighted by molar-refractivity contribution is 0.0205. The number of amides is 2. The topological polar surface area (TPSA) is 116 Å². The molecule has 3 fully saturated rings. The largest absolute Gasteiger partial charge is 0.444 e. The highest BCUT2D eigenvalue weighted by Gasteiger charge is 2.55. The number of nitrogens with one attached hydrogen (secondary N) is 2. The van der Waals surface area contributed by atoms with Crippen molar-refractivity contribution in [3.8, 4) is 23.1 Å². The summed E-state index contributed by atoms with van der Waals surface area (Å²) in [5.74, 6) is 8.12. The van der Waals surface area contributed by atoms with Crippen molar-refractivity contribution in [2.75, 3.05) is 13.1 Å². The number of nitrogens with zero attached hydrogens (tertiary/aromatic N) is 4. The second-order valence-electron chi connectivity index (χ2n) is 15.5. The van der Waals surface area contributed by atoms with Gasteiger partial charge in [0.1, 0.15) is 22.9 Å². The molecule has 12 heteroatoms. The average Bonchev–Trinajstić information content (AvgIpc) is 3.50. The number of hydrogen-bond donors (Lipinski definition) is 2. The Hall–Kier alpha value is -4.08. The Bertz CT molecular complexity index is 1920. The number of fused-ring (bicyclic) bond motifs is 1. The predicted molar refractivity (Wildman–Crippen MR) is 204 cm³/mol. The maximum Gasteiger partial charge on any atom is 0.410 e. The van der Waals surface area contributed by atoms with Gasteiger partial charge in [-0.25, -0.2) is 19.6 Å². The molecule has 2 aliphatic heterocycles. The fourth-order valence-corrected chi connectivity index (χ4v) is 6.74. The summed E-state index contributed by atoms with van der Waals surface area (Å²) in [5.41, 5.74) is 4.51. The molecule has 266 valence electrons. The zero-order chi connectivity index (χ0) is 33.8. The van der Waals surface area contributed by atoms with Gasteiger partial charge in [0.15, 0.2) is 0 Å². The first-order chi connectivity index (χ1) is 22.7. The lowest BCUT2D eigenvalue weighted by Crippen LogP contribution is -2.37. The molecule has 1 spiro atoms. The van der Waals surface area contributed by atoms with Gasteiger partial charge < -0.3 is 19.4 Å². The molecule has 3 aliphatic rings. The molecule has 1 aliphatic carbocycles. The number of H-pyrrole nitrogens is 2. The SMILES string of the molecule is CC(C)(C)OC(=O)N1CC2(CC2)C[C@H]1c1ncc(-c2ccc(C#Cc3ccc4nc([C@@H]5CCCN5C(=O)OC(C)(C)C)[nH]c4c3)cc2)[nH]1.S.S. The van der Waals surface area contributed by atoms with Crippen molar-refractivity contribution in [1.29, 1.82) is 0 Å². The molecule has 7 rings (SSSR count). The summed E-state index contributed by atoms with van der Waals surface area (Å²) in [4.78, 5) is 45.9. The van der Waals surface area contributed by atoms with Gasteiger partial charge in [-0.3, -0.25) is 9.80 Å². The van der Waals surface area contributed by atoms with Crippen LogP contribution in [0, 0.1) is 17.3 Å². The van der Waals surface area contributed by atoms with Gasteiger partial charge in [0.05, 0.1) is 35.0 Å². The maximum absolute atomic E-state index is 13.1. The van der Waals surface area contributed by atoms with Crippen LogP contribution in [0.1, 0.15) is 109 Å². The number of ether oxygens (including phenoxy) is 2. The first-order valence-corrected chi connectivity index (χ1v) is 16.9. The van der Waals surface area contributed by atoms with Gasteiger partial charge in [-0.1, -0.05) is 24.0 Å². The number of benzene rings is 2. The molecule has 4 heterocycles. The number of carbonyl (C=O) groups excluding carboxylic acids is 2. The van der Waals surface area contributed by atoms with Crippen molar-refractivity contribution in [2.45, 2.75) is 96.9 Å². The van der Waals surface area contributed by atoms with Crippen molar-refractivity contribution in [3.05, 3.63) is 71.4 Å². The quantitative estimate of drug-likeness (QED) is 0.207. The molecule has 1 saturated carbocycles. The zero-order valence-corrected chi connectivity index (χ0v) is 31.6. The Balaban J connectivity index is 0.00000243. The summed E-state index contributed by atoms with van der Waals surface area (Å²) >= 11 is 0. The second kappa shape index (κ2) is 13.9. The first kappa shape index (κ1) is 37.2. The Labute approximate surface area is 308 Å². The highest BCUT2D eigenvalue weighted by Crippen LogP contribution is 2.58. The van der Waals surface area contributed by atoms with Gasteiger partial charge in [-0.05, 0) is 115 Å². The third-order valence-corrected chi connectivity index (χ3v) is 9.25. The molecular weight excluding hydrogens is 669 g/mol. The Morgan fingerprint density at radius 1 is 0.840 bits per heavy atom. The van der Waals surface area contributed by atoms with E-state index in [4.69, 9.17) is 19.4 Å². The van der Waals surface area contributed by atoms with Crippen LogP contribution < -0.4 is 0 Å². The number of likely N-dealkylation sites (tertiary alicyclic amines) is 2. The van der Waals surface area contributed by atoms with E-state index in [1.165, 1.54) is 0 Å². The van der Waals surface area contributed by atoms with E-state index in [0.717, 1.165) is 83.7 Å². The van der Waals surface area contributed by atoms with Crippen LogP contribution in [-0.4, -0.2) is 66.2 Å². The predicted octanol–water partition coefficient (Wildman–Crippen LogP) is 8.11. The van der Waals surface area contributed by atoms with Gasteiger partial charge in [0.2, 0.25) is 0 Å². The molecule has 2 N–H and O–H groups in total. The summed E-state index contributed by atoms with van der Waals surface area (Å²) in [7, 11) is 0. The molecule has 4 aromatic rings. The van der Waals surface area contributed by atoms with Crippen molar-refractivity contribution >= 4 is 50.2 Å². The maximum atomic E-state index is 13.1. The fourth-order valence-electron chi connectivity index (χ4n) is 6.74. The van der Waals surface area contributed by atoms with Crippen molar-refractivity contribution in [2.24, 2.45) is 5.41 Å². The number of aromatic amines is 2. The number of imidazole rings is 2. The minimum atomic E-state index is -0.545. The van der Waals surface area contributed by atoms with E-state index in [9.17, 15) is 9.59 Å². The summed E-state index contributed by atoms with van der Waals surface area (Å²) in [6.07, 6.45) is 6.20. The van der Waals surface area contributed by atoms with Crippen LogP contribution in [0.4, 0.5) is 9.59 Å². The van der Waals surface area contributed by atoms with Crippen LogP contribution in [0.15, 0.2) is 48.7 Å². The van der Waals surface area contributed by atoms with Crippen molar-refractivity contribution in [1.82, 2.24) is 29.7 Å². The fraction of sp³-hybridized carbons (Fsp3) is 0.474. The minimum Gasteiger partial charge on any atom is -0.444 e. The van der Waals surface area contributed by atoms with E-state index >= 15 is 0 Å². The van der Waals surface area contributed by atoms with Gasteiger partial charge in [0, 0.05) is 24.2 Å². The molecule has 0 bridgehead atoms. The third kappa shape index (κ3) is 8.10. The monoisotopic (exact) mass is 716 g/mol. The summed E-state index contributed by atoms with van der Waals surface area (Å²) in [6, 6.07) is 13.8. The minimum absolute atomic E-state index is 0. The molecule has 0 radical (unpaired) electrons. The Morgan fingerprint density at radius 2 is 1.48 bits per heavy atom. The van der Waals surface area contributed by atoms with E-state index in [-0.39, 0.29) is 56.7 Å². The van der Waals surface area contributed by atoms with Crippen molar-refractivity contribution in [3.63, 3.8) is 0 Å². The highest BCUT2D eigenvalue weighted by molar-refractivity contribution is 7.59. The summed E-state index contributed by atoms with van der Waals surface area (Å²) in [5, 5.41) is 0. The van der Waals surface area contributed by atoms with Crippen molar-refractivity contribution < 1.29 is 19.1 Å². The number of aromatic nitrogens is 4. The lowest BCUT2D eigenvalue weighted by atomic mass is 10.0. The molecule has 10 nitrogen and oxygen atoms in total. The van der Waals surface area contributed by atoms with Gasteiger partial charge >= 0.3 is 12.2 Å². The average molecular weight is 717 g/mol. The molecule has 2 aromatic carbocycles. The van der Waals surface area contributed by atoms with Crippen LogP contribution in [0.2, 0.25) is 0 Å². The molecule has 2 aromatic heterocycles. The van der Waals surface area contributed by atoms with Gasteiger partial charge in [0.25, 0.3) is 0 Å². The molecule has 2 amide bonds. The zero-order valence-electron chi connectivity index (χ0n) is 29.6. The Kier molecular flexibility index (Phi) is 10.3. The van der Waals surface area contributed by atoms with E-state index in [2.05, 4.69) is 21.8 Å². The number of rotatable bonds is 3. The molecule has 0 unspecified atom stereocenters. The van der Waals surface area contributed by atoms with Crippen LogP contribution in [0.5, 0.6) is 0 Å². The van der Waals surface area contributed by atoms with E-state index < -0.39 is 11.2 Å². The van der Waals surface area contributed by atoms with Gasteiger partial charge in [-0.2, -0.15) is 27.0 Å². The van der Waals surface area contributed by atoms with E-state index in [1.54, 1.807) is 4.90 Å². The normalized spacial score (nSPS) is 19.4. The Morgan fingerprint density at radius 3 is 2.14 bits per heavy atom. The first-order valence-electron chi connectivity index (χ1n) is 16.9. The summed E-state index contributed by atoms with van der Waals surface area (Å²) in [6.45, 7) is 12.7. The van der Waals surface area contributed by atoms with Gasteiger partial charge in [-0.15, -0.1) is 0 Å². The van der Waals surface area contributed by atoms with Crippen LogP contribution in [0.3, 0.4) is 0 Å². The highest BCUT2D eigenvalue weighted by atomic mass is 32.1. The van der Waals surface area contributed by atoms with E-state index in [1.807, 2.05) is 95.1 Å². The standard InChI is InChI=1S/C38H44N6O4.2H2S/c1-36(2,3)47-34(45)43-19-7-8-30(43)33-40-27-16-13-25(20-28(27)41-33)10-9-24-11-14-26(15-12-24)29-22-39-32(42-29)31-21-38(17-18-38)23-44(31)35(46)48-37(4,5)6;;/h11-16,20,22,30-31H,7-8,17-19,21,23H2,1-6H3,(H,39,42)(H,40,41);2*1H2/t30-,31-;;/m0../s1. The molecule has 50 heavy (non-hydrogen) atoms. The van der Waals surface area contributed by atoms with Crippen LogP contribution in [0.25, 0.3) is 22.3 Å². The van der Waals surface area contributed by atoms with Crippen LogP contribution in [-0.2, 0) is 9.47 Å². The molecule has 2 atom stereocenters. The van der Waals surface area contributed by atoms with Crippen LogP contribution >= 0.6 is 27.0 Å². The molecular formula is C38H48N6O4S2. The van der Waals surface area contributed by atoms with E-state index in [0.29, 0.717) is 6.54 Å². The lowest BCUT2D eigenvalue weighted by Gasteiger charge is -2.27. The number of hydrogen-bond acceptors (Lipinski definition) is 6. The number of carbonyl (C=O) groups is 2. The summed E-state index contributed by atoms with van der Waals surface area (Å²) < 4.78 is 11.4. The smallest absolute Gasteiger partial charge is 0.410 e.